The molecule has 0 aromatic rings. The van der Waals surface area contributed by atoms with E-state index in [0.29, 0.717) is 0 Å². The molecule has 0 radical (unpaired) electrons. The smallest absolute Gasteiger partial charge is 0.163 e. The maximum absolute atomic E-state index is 11.3. The van der Waals surface area contributed by atoms with Gasteiger partial charge in [-0.2, -0.15) is 0 Å². The molecule has 6 nitrogen and oxygen atoms in total. The number of carbonyl (C=O) groups excluding carboxylic acids is 6. The Morgan fingerprint density at radius 1 is 0.600 bits per heavy atom. The number of allylic oxidation sites excluding steroid dienone is 2. The Kier molecular flexibility index (Phi) is 7.81. The van der Waals surface area contributed by atoms with Crippen molar-refractivity contribution in [3.63, 3.8) is 0 Å². The van der Waals surface area contributed by atoms with Gasteiger partial charge in [-0.3, -0.25) is 28.8 Å². The van der Waals surface area contributed by atoms with Crippen molar-refractivity contribution in [2.45, 2.75) is 39.5 Å². The Balaban J connectivity index is 4.21. The van der Waals surface area contributed by atoms with Crippen molar-refractivity contribution in [1.82, 2.24) is 0 Å². The molecule has 0 aromatic heterocycles. The Labute approximate surface area is 116 Å². The molecule has 0 saturated carbocycles. The lowest BCUT2D eigenvalue weighted by Gasteiger charge is -1.95. The lowest BCUT2D eigenvalue weighted by molar-refractivity contribution is -0.130. The van der Waals surface area contributed by atoms with Gasteiger partial charge in [-0.1, -0.05) is 0 Å². The third-order valence-electron chi connectivity index (χ3n) is 2.09. The van der Waals surface area contributed by atoms with Gasteiger partial charge in [-0.25, -0.2) is 0 Å². The Morgan fingerprint density at radius 2 is 0.900 bits per heavy atom. The molecule has 0 aliphatic heterocycles. The first-order valence-corrected chi connectivity index (χ1v) is 5.96. The quantitative estimate of drug-likeness (QED) is 0.428. The molecular formula is C14H16O6. The number of rotatable bonds is 10. The summed E-state index contributed by atoms with van der Waals surface area (Å²) >= 11 is 0. The fourth-order valence-corrected chi connectivity index (χ4v) is 1.37. The fourth-order valence-electron chi connectivity index (χ4n) is 1.37. The molecule has 6 heteroatoms. The van der Waals surface area contributed by atoms with Crippen LogP contribution in [0.2, 0.25) is 0 Å². The van der Waals surface area contributed by atoms with Crippen LogP contribution < -0.4 is 0 Å². The van der Waals surface area contributed by atoms with E-state index in [4.69, 9.17) is 0 Å². The van der Waals surface area contributed by atoms with Crippen LogP contribution in [0.3, 0.4) is 0 Å². The van der Waals surface area contributed by atoms with E-state index in [1.165, 1.54) is 13.8 Å². The van der Waals surface area contributed by atoms with E-state index in [9.17, 15) is 28.8 Å². The summed E-state index contributed by atoms with van der Waals surface area (Å²) in [5, 5.41) is 0. The lowest BCUT2D eigenvalue weighted by Crippen LogP contribution is -2.11. The lowest BCUT2D eigenvalue weighted by atomic mass is 10.1. The van der Waals surface area contributed by atoms with Crippen molar-refractivity contribution in [3.8, 4) is 0 Å². The Morgan fingerprint density at radius 3 is 1.15 bits per heavy atom. The molecule has 0 unspecified atom stereocenters. The monoisotopic (exact) mass is 280 g/mol. The zero-order chi connectivity index (χ0) is 15.7. The molecule has 0 fully saturated rings. The van der Waals surface area contributed by atoms with Gasteiger partial charge >= 0.3 is 0 Å². The van der Waals surface area contributed by atoms with Crippen LogP contribution in [-0.4, -0.2) is 34.7 Å². The van der Waals surface area contributed by atoms with Crippen LogP contribution in [0.5, 0.6) is 0 Å². The summed E-state index contributed by atoms with van der Waals surface area (Å²) in [6, 6.07) is 0. The van der Waals surface area contributed by atoms with Gasteiger partial charge in [0, 0.05) is 0 Å². The second-order valence-electron chi connectivity index (χ2n) is 4.45. The van der Waals surface area contributed by atoms with E-state index in [1.807, 2.05) is 0 Å². The predicted molar refractivity (Wildman–Crippen MR) is 69.0 cm³/mol. The highest BCUT2D eigenvalue weighted by Gasteiger charge is 2.11. The summed E-state index contributed by atoms with van der Waals surface area (Å²) < 4.78 is 0. The first kappa shape index (κ1) is 17.8. The number of ketones is 6. The number of carbonyl (C=O) groups is 6. The van der Waals surface area contributed by atoms with Crippen LogP contribution >= 0.6 is 0 Å². The molecule has 20 heavy (non-hydrogen) atoms. The topological polar surface area (TPSA) is 102 Å². The summed E-state index contributed by atoms with van der Waals surface area (Å²) in [5.74, 6) is -2.93. The number of hydrogen-bond donors (Lipinski definition) is 0. The molecule has 0 aliphatic rings. The van der Waals surface area contributed by atoms with Crippen molar-refractivity contribution >= 4 is 34.7 Å². The molecule has 0 spiro atoms. The van der Waals surface area contributed by atoms with E-state index < -0.39 is 36.0 Å². The highest BCUT2D eigenvalue weighted by Crippen LogP contribution is 1.97. The summed E-state index contributed by atoms with van der Waals surface area (Å²) in [6.07, 6.45) is 0.271. The summed E-state index contributed by atoms with van der Waals surface area (Å²) in [5.41, 5.74) is 0. The second kappa shape index (κ2) is 8.79. The Bertz CT molecular complexity index is 440. The van der Waals surface area contributed by atoms with Gasteiger partial charge in [-0.15, -0.1) is 0 Å². The van der Waals surface area contributed by atoms with Gasteiger partial charge in [-0.05, 0) is 26.0 Å². The van der Waals surface area contributed by atoms with E-state index in [2.05, 4.69) is 0 Å². The van der Waals surface area contributed by atoms with Gasteiger partial charge < -0.3 is 0 Å². The van der Waals surface area contributed by atoms with E-state index >= 15 is 0 Å². The summed E-state index contributed by atoms with van der Waals surface area (Å²) in [4.78, 5) is 66.2. The maximum atomic E-state index is 11.3. The summed E-state index contributed by atoms with van der Waals surface area (Å²) in [6.45, 7) is 2.48. The third kappa shape index (κ3) is 9.76. The van der Waals surface area contributed by atoms with Crippen molar-refractivity contribution in [1.29, 1.82) is 0 Å². The van der Waals surface area contributed by atoms with Gasteiger partial charge in [0.2, 0.25) is 0 Å². The second-order valence-corrected chi connectivity index (χ2v) is 4.45. The molecule has 0 aromatic carbocycles. The predicted octanol–water partition coefficient (Wildman–Crippen LogP) is 0.557. The zero-order valence-corrected chi connectivity index (χ0v) is 11.4. The number of Topliss-reactive ketones (excluding diaryl/α,β-unsaturated/α-hetero) is 4. The minimum atomic E-state index is -0.608. The van der Waals surface area contributed by atoms with E-state index in [1.54, 1.807) is 0 Å². The van der Waals surface area contributed by atoms with Crippen LogP contribution in [0.1, 0.15) is 39.5 Å². The van der Waals surface area contributed by atoms with Gasteiger partial charge in [0.15, 0.2) is 11.6 Å². The molecule has 0 heterocycles. The molecule has 0 amide bonds. The molecule has 0 rings (SSSR count). The number of hydrogen-bond acceptors (Lipinski definition) is 6. The Hall–Kier alpha value is -2.24. The molecule has 0 aliphatic carbocycles. The van der Waals surface area contributed by atoms with Gasteiger partial charge in [0.05, 0.1) is 25.7 Å². The van der Waals surface area contributed by atoms with Crippen LogP contribution in [0.4, 0.5) is 0 Å². The fraction of sp³-hybridized carbons (Fsp3) is 0.429. The third-order valence-corrected chi connectivity index (χ3v) is 2.09. The molecule has 0 atom stereocenters. The van der Waals surface area contributed by atoms with Crippen LogP contribution in [0, 0.1) is 0 Å². The molecule has 0 saturated heterocycles. The average Bonchev–Trinajstić information content (AvgIpc) is 2.23. The maximum Gasteiger partial charge on any atom is 0.163 e. The highest BCUT2D eigenvalue weighted by atomic mass is 16.2. The highest BCUT2D eigenvalue weighted by molar-refractivity contribution is 6.13. The normalized spacial score (nSPS) is 10.3. The van der Waals surface area contributed by atoms with Gasteiger partial charge in [0.1, 0.15) is 23.1 Å². The zero-order valence-electron chi connectivity index (χ0n) is 11.4. The molecular weight excluding hydrogens is 264 g/mol. The van der Waals surface area contributed by atoms with E-state index in [-0.39, 0.29) is 24.4 Å². The SMILES string of the molecule is CC(=O)CC(=O)CC(=O)/C=C\C(=O)CC(=O)CC(C)=O. The summed E-state index contributed by atoms with van der Waals surface area (Å²) in [7, 11) is 0. The molecule has 108 valence electrons. The van der Waals surface area contributed by atoms with Crippen molar-refractivity contribution in [2.24, 2.45) is 0 Å². The van der Waals surface area contributed by atoms with Crippen molar-refractivity contribution < 1.29 is 28.8 Å². The minimum Gasteiger partial charge on any atom is -0.300 e. The van der Waals surface area contributed by atoms with Crippen molar-refractivity contribution in [2.75, 3.05) is 0 Å². The van der Waals surface area contributed by atoms with Crippen LogP contribution in [-0.2, 0) is 28.8 Å². The van der Waals surface area contributed by atoms with Crippen molar-refractivity contribution in [3.05, 3.63) is 12.2 Å². The van der Waals surface area contributed by atoms with Gasteiger partial charge in [0.25, 0.3) is 0 Å². The minimum absolute atomic E-state index is 0.315. The van der Waals surface area contributed by atoms with E-state index in [0.717, 1.165) is 12.2 Å². The van der Waals surface area contributed by atoms with Crippen LogP contribution in [0.25, 0.3) is 0 Å². The standard InChI is InChI=1S/C14H16O6/c1-9(15)5-13(19)7-11(17)3-4-12(18)8-14(20)6-10(2)16/h3-4H,5-8H2,1-2H3/b4-3-. The average molecular weight is 280 g/mol. The van der Waals surface area contributed by atoms with Crippen LogP contribution in [0.15, 0.2) is 12.2 Å². The molecule has 0 N–H and O–H groups in total. The first-order chi connectivity index (χ1) is 9.20. The first-order valence-electron chi connectivity index (χ1n) is 5.96. The largest absolute Gasteiger partial charge is 0.300 e. The molecule has 0 bridgehead atoms.